The van der Waals surface area contributed by atoms with Crippen molar-refractivity contribution < 1.29 is 50.2 Å². The predicted octanol–water partition coefficient (Wildman–Crippen LogP) is 3.21. The Bertz CT molecular complexity index is 130. The van der Waals surface area contributed by atoms with E-state index >= 15 is 0 Å². The van der Waals surface area contributed by atoms with Crippen molar-refractivity contribution in [3.63, 3.8) is 0 Å². The third kappa shape index (κ3) is 2.97. The first-order valence-electron chi connectivity index (χ1n) is 2.01. The summed E-state index contributed by atoms with van der Waals surface area (Å²) in [5.41, 5.74) is 0. The monoisotopic (exact) mass is 360 g/mol. The number of alkyl halides is 8. The van der Waals surface area contributed by atoms with Crippen LogP contribution in [0, 0.1) is 0 Å². The molecule has 0 bridgehead atoms. The molecule has 0 saturated heterocycles. The van der Waals surface area contributed by atoms with Gasteiger partial charge in [-0.25, -0.2) is 0 Å². The van der Waals surface area contributed by atoms with Crippen LogP contribution in [-0.4, -0.2) is 16.0 Å². The molecule has 0 nitrogen and oxygen atoms in total. The molecule has 70 valence electrons. The van der Waals surface area contributed by atoms with E-state index in [-0.39, 0.29) is 42.1 Å². The average molecular weight is 361 g/mol. The van der Waals surface area contributed by atoms with Crippen molar-refractivity contribution in [2.45, 2.75) is 16.0 Å². The van der Waals surface area contributed by atoms with E-state index in [1.165, 1.54) is 0 Å². The predicted molar refractivity (Wildman–Crippen MR) is 30.0 cm³/mol. The largest absolute Gasteiger partial charge is 0.460 e. The van der Waals surface area contributed by atoms with Crippen LogP contribution in [0.3, 0.4) is 0 Å². The fourth-order valence-corrected chi connectivity index (χ4v) is 0.467. The van der Waals surface area contributed by atoms with Gasteiger partial charge in [-0.15, -0.1) is 0 Å². The summed E-state index contributed by atoms with van der Waals surface area (Å²) in [7, 11) is 0. The third-order valence-electron chi connectivity index (χ3n) is 0.712. The van der Waals surface area contributed by atoms with E-state index in [0.29, 0.717) is 0 Å². The summed E-state index contributed by atoms with van der Waals surface area (Å²) < 4.78 is 74.3. The maximum atomic E-state index is 11.6. The summed E-state index contributed by atoms with van der Waals surface area (Å²) in [5.74, 6) is -5.97. The van der Waals surface area contributed by atoms with Crippen LogP contribution in [0.2, 0.25) is 0 Å². The Balaban J connectivity index is 0. The standard InChI is InChI=1S/C3F7I.Zn/c4-1(5,2(6,7)8)3(9,10)11;. The third-order valence-corrected chi connectivity index (χ3v) is 1.39. The Morgan fingerprint density at radius 1 is 0.750 bits per heavy atom. The Morgan fingerprint density at radius 3 is 1.00 bits per heavy atom. The molecule has 12 heavy (non-hydrogen) atoms. The van der Waals surface area contributed by atoms with E-state index in [1.807, 2.05) is 0 Å². The molecule has 0 atom stereocenters. The minimum atomic E-state index is -6.21. The summed E-state index contributed by atoms with van der Waals surface area (Å²) in [5, 5.41) is 0. The Kier molecular flexibility index (Phi) is 5.03. The van der Waals surface area contributed by atoms with Crippen molar-refractivity contribution in [3.8, 4) is 0 Å². The normalized spacial score (nSPS) is 14.0. The van der Waals surface area contributed by atoms with Crippen LogP contribution in [0.25, 0.3) is 0 Å². The van der Waals surface area contributed by atoms with E-state index in [9.17, 15) is 30.7 Å². The van der Waals surface area contributed by atoms with Crippen molar-refractivity contribution in [3.05, 3.63) is 0 Å². The fourth-order valence-electron chi connectivity index (χ4n) is 0.161. The molecule has 0 spiro atoms. The Labute approximate surface area is 88.8 Å². The van der Waals surface area contributed by atoms with Crippen LogP contribution in [-0.2, 0) is 19.5 Å². The molecular weight excluding hydrogens is 361 g/mol. The maximum absolute atomic E-state index is 11.6. The topological polar surface area (TPSA) is 0 Å². The van der Waals surface area contributed by atoms with Crippen molar-refractivity contribution in [2.75, 3.05) is 0 Å². The minimum Gasteiger partial charge on any atom is -0.188 e. The zero-order valence-electron chi connectivity index (χ0n) is 5.23. The average Bonchev–Trinajstić information content (AvgIpc) is 1.58. The molecule has 0 aromatic rings. The van der Waals surface area contributed by atoms with Gasteiger partial charge in [0, 0.05) is 42.1 Å². The van der Waals surface area contributed by atoms with Gasteiger partial charge in [0.2, 0.25) is 0 Å². The second-order valence-electron chi connectivity index (χ2n) is 1.57. The summed E-state index contributed by atoms with van der Waals surface area (Å²) >= 11 is -0.259. The van der Waals surface area contributed by atoms with E-state index < -0.39 is 16.0 Å². The zero-order chi connectivity index (χ0) is 9.50. The molecule has 0 heterocycles. The smallest absolute Gasteiger partial charge is 0.188 e. The maximum Gasteiger partial charge on any atom is 0.460 e. The number of rotatable bonds is 1. The molecular formula is C3F7IZn. The Morgan fingerprint density at radius 2 is 1.00 bits per heavy atom. The van der Waals surface area contributed by atoms with Crippen LogP contribution in [0.4, 0.5) is 30.7 Å². The van der Waals surface area contributed by atoms with Crippen LogP contribution in [0.5, 0.6) is 0 Å². The first-order chi connectivity index (χ1) is 4.50. The van der Waals surface area contributed by atoms with Crippen molar-refractivity contribution in [2.24, 2.45) is 0 Å². The SMILES string of the molecule is FC(F)(F)C(F)(F)C(F)(F)I.[Zn]. The molecule has 9 heteroatoms. The van der Waals surface area contributed by atoms with Gasteiger partial charge in [0.1, 0.15) is 0 Å². The summed E-state index contributed by atoms with van der Waals surface area (Å²) in [4.78, 5) is 0. The molecule has 0 fully saturated rings. The molecule has 0 N–H and O–H groups in total. The molecule has 0 rings (SSSR count). The van der Waals surface area contributed by atoms with Gasteiger partial charge >= 0.3 is 16.0 Å². The van der Waals surface area contributed by atoms with Gasteiger partial charge in [-0.3, -0.25) is 0 Å². The van der Waals surface area contributed by atoms with Crippen LogP contribution >= 0.6 is 22.6 Å². The quantitative estimate of drug-likeness (QED) is 0.291. The number of halogens is 8. The van der Waals surface area contributed by atoms with Gasteiger partial charge in [0.25, 0.3) is 0 Å². The molecule has 0 aliphatic carbocycles. The second-order valence-corrected chi connectivity index (χ2v) is 2.92. The van der Waals surface area contributed by atoms with E-state index in [1.54, 1.807) is 0 Å². The van der Waals surface area contributed by atoms with Crippen LogP contribution < -0.4 is 0 Å². The van der Waals surface area contributed by atoms with Crippen LogP contribution in [0.1, 0.15) is 0 Å². The molecule has 0 aromatic heterocycles. The minimum absolute atomic E-state index is 0. The molecule has 0 saturated carbocycles. The number of hydrogen-bond acceptors (Lipinski definition) is 0. The summed E-state index contributed by atoms with van der Waals surface area (Å²) in [6, 6.07) is 0. The van der Waals surface area contributed by atoms with E-state index in [2.05, 4.69) is 0 Å². The fraction of sp³-hybridized carbons (Fsp3) is 1.00. The van der Waals surface area contributed by atoms with Crippen molar-refractivity contribution in [1.82, 2.24) is 0 Å². The zero-order valence-corrected chi connectivity index (χ0v) is 10.4. The van der Waals surface area contributed by atoms with Crippen LogP contribution in [0.15, 0.2) is 0 Å². The molecule has 0 unspecified atom stereocenters. The van der Waals surface area contributed by atoms with Gasteiger partial charge in [-0.05, 0) is 0 Å². The van der Waals surface area contributed by atoms with E-state index in [4.69, 9.17) is 0 Å². The molecule has 0 aliphatic heterocycles. The molecule has 0 aromatic carbocycles. The van der Waals surface area contributed by atoms with Crippen molar-refractivity contribution in [1.29, 1.82) is 0 Å². The van der Waals surface area contributed by atoms with Gasteiger partial charge in [-0.2, -0.15) is 30.7 Å². The molecule has 0 amide bonds. The number of hydrogen-bond donors (Lipinski definition) is 0. The summed E-state index contributed by atoms with van der Waals surface area (Å²) in [6.07, 6.45) is -6.21. The first kappa shape index (κ1) is 15.3. The van der Waals surface area contributed by atoms with Gasteiger partial charge in [0.15, 0.2) is 0 Å². The Hall–Kier alpha value is 0.863. The summed E-state index contributed by atoms with van der Waals surface area (Å²) in [6.45, 7) is 0. The molecule has 0 radical (unpaired) electrons. The van der Waals surface area contributed by atoms with Gasteiger partial charge < -0.3 is 0 Å². The van der Waals surface area contributed by atoms with Gasteiger partial charge in [-0.1, -0.05) is 0 Å². The second kappa shape index (κ2) is 3.93. The first-order valence-corrected chi connectivity index (χ1v) is 3.09. The van der Waals surface area contributed by atoms with E-state index in [0.717, 1.165) is 0 Å². The van der Waals surface area contributed by atoms with Crippen molar-refractivity contribution >= 4 is 22.6 Å². The van der Waals surface area contributed by atoms with Gasteiger partial charge in [0.05, 0.1) is 0 Å². The molecule has 0 aliphatic rings.